The van der Waals surface area contributed by atoms with Gasteiger partial charge in [0.15, 0.2) is 0 Å². The highest BCUT2D eigenvalue weighted by molar-refractivity contribution is 9.10. The van der Waals surface area contributed by atoms with Gasteiger partial charge in [-0.15, -0.1) is 0 Å². The topological polar surface area (TPSA) is 61.3 Å². The molecule has 0 radical (unpaired) electrons. The van der Waals surface area contributed by atoms with Crippen LogP contribution in [-0.2, 0) is 0 Å². The lowest BCUT2D eigenvalue weighted by Gasteiger charge is -2.24. The molecule has 1 aliphatic rings. The molecular formula is C11H17BrN4O. The molecule has 6 heteroatoms. The number of halogens is 1. The number of nitrogens with zero attached hydrogens (tertiary/aromatic N) is 3. The molecule has 1 unspecified atom stereocenters. The minimum Gasteiger partial charge on any atom is -0.395 e. The van der Waals surface area contributed by atoms with Gasteiger partial charge in [0.1, 0.15) is 0 Å². The third kappa shape index (κ3) is 3.62. The van der Waals surface area contributed by atoms with Crippen molar-refractivity contribution in [2.24, 2.45) is 0 Å². The number of nitrogens with one attached hydrogen (secondary N) is 1. The molecule has 0 amide bonds. The van der Waals surface area contributed by atoms with Gasteiger partial charge >= 0.3 is 0 Å². The molecule has 0 spiro atoms. The largest absolute Gasteiger partial charge is 0.395 e. The molecule has 94 valence electrons. The summed E-state index contributed by atoms with van der Waals surface area (Å²) < 4.78 is 0.865. The molecule has 2 N–H and O–H groups in total. The van der Waals surface area contributed by atoms with Gasteiger partial charge in [-0.1, -0.05) is 0 Å². The van der Waals surface area contributed by atoms with Gasteiger partial charge in [0.05, 0.1) is 11.1 Å². The Balaban J connectivity index is 2.02. The van der Waals surface area contributed by atoms with Crippen molar-refractivity contribution in [3.05, 3.63) is 16.9 Å². The molecule has 0 aromatic carbocycles. The molecule has 1 aromatic heterocycles. The van der Waals surface area contributed by atoms with Crippen molar-refractivity contribution in [2.75, 3.05) is 31.1 Å². The van der Waals surface area contributed by atoms with E-state index in [2.05, 4.69) is 31.2 Å². The Morgan fingerprint density at radius 1 is 1.47 bits per heavy atom. The van der Waals surface area contributed by atoms with E-state index >= 15 is 0 Å². The van der Waals surface area contributed by atoms with Crippen LogP contribution in [-0.4, -0.2) is 47.4 Å². The summed E-state index contributed by atoms with van der Waals surface area (Å²) in [4.78, 5) is 10.6. The van der Waals surface area contributed by atoms with Crippen LogP contribution < -0.4 is 10.2 Å². The maximum atomic E-state index is 9.10. The first-order chi connectivity index (χ1) is 8.29. The number of aliphatic hydroxyl groups excluding tert-OH is 1. The van der Waals surface area contributed by atoms with Gasteiger partial charge in [-0.3, -0.25) is 0 Å². The summed E-state index contributed by atoms with van der Waals surface area (Å²) in [5, 5.41) is 12.5. The van der Waals surface area contributed by atoms with E-state index in [-0.39, 0.29) is 6.61 Å². The third-order valence-electron chi connectivity index (χ3n) is 2.86. The van der Waals surface area contributed by atoms with Gasteiger partial charge in [-0.25, -0.2) is 9.97 Å². The fourth-order valence-corrected chi connectivity index (χ4v) is 2.25. The highest BCUT2D eigenvalue weighted by Gasteiger charge is 2.19. The zero-order valence-electron chi connectivity index (χ0n) is 9.64. The van der Waals surface area contributed by atoms with Crippen LogP contribution in [0.25, 0.3) is 0 Å². The van der Waals surface area contributed by atoms with Crippen molar-refractivity contribution < 1.29 is 5.11 Å². The lowest BCUT2D eigenvalue weighted by molar-refractivity contribution is 0.299. The summed E-state index contributed by atoms with van der Waals surface area (Å²) in [5.41, 5.74) is 0. The van der Waals surface area contributed by atoms with E-state index in [1.807, 2.05) is 4.90 Å². The molecule has 1 saturated heterocycles. The summed E-state index contributed by atoms with van der Waals surface area (Å²) in [6.45, 7) is 2.62. The van der Waals surface area contributed by atoms with Crippen LogP contribution >= 0.6 is 15.9 Å². The Labute approximate surface area is 109 Å². The van der Waals surface area contributed by atoms with E-state index in [9.17, 15) is 0 Å². The van der Waals surface area contributed by atoms with Crippen molar-refractivity contribution in [1.29, 1.82) is 0 Å². The van der Waals surface area contributed by atoms with Crippen molar-refractivity contribution >= 4 is 21.9 Å². The van der Waals surface area contributed by atoms with Gasteiger partial charge in [0.25, 0.3) is 0 Å². The molecule has 1 aliphatic heterocycles. The van der Waals surface area contributed by atoms with Crippen molar-refractivity contribution in [1.82, 2.24) is 15.3 Å². The van der Waals surface area contributed by atoms with E-state index in [0.29, 0.717) is 18.5 Å². The average Bonchev–Trinajstić information content (AvgIpc) is 2.82. The Hall–Kier alpha value is -0.720. The predicted octanol–water partition coefficient (Wildman–Crippen LogP) is 0.790. The minimum absolute atomic E-state index is 0.117. The normalized spacial score (nSPS) is 19.5. The molecule has 0 aliphatic carbocycles. The highest BCUT2D eigenvalue weighted by Crippen LogP contribution is 2.13. The molecule has 2 heterocycles. The first-order valence-corrected chi connectivity index (χ1v) is 6.65. The number of anilines is 1. The fourth-order valence-electron chi connectivity index (χ4n) is 2.04. The number of hydrogen-bond donors (Lipinski definition) is 2. The average molecular weight is 301 g/mol. The Morgan fingerprint density at radius 3 is 2.82 bits per heavy atom. The molecule has 1 atom stereocenters. The van der Waals surface area contributed by atoms with E-state index in [1.54, 1.807) is 12.4 Å². The smallest absolute Gasteiger partial charge is 0.225 e. The SMILES string of the molecule is OCCN(CC1CCCN1)c1ncc(Br)cn1. The molecule has 1 aromatic rings. The van der Waals surface area contributed by atoms with Gasteiger partial charge in [-0.05, 0) is 35.3 Å². The molecule has 1 fully saturated rings. The summed E-state index contributed by atoms with van der Waals surface area (Å²) >= 11 is 3.32. The first-order valence-electron chi connectivity index (χ1n) is 5.86. The lowest BCUT2D eigenvalue weighted by atomic mass is 10.2. The second kappa shape index (κ2) is 6.28. The number of rotatable bonds is 5. The highest BCUT2D eigenvalue weighted by atomic mass is 79.9. The Kier molecular flexibility index (Phi) is 4.70. The van der Waals surface area contributed by atoms with E-state index in [0.717, 1.165) is 17.6 Å². The molecule has 2 rings (SSSR count). The minimum atomic E-state index is 0.117. The predicted molar refractivity (Wildman–Crippen MR) is 70.1 cm³/mol. The lowest BCUT2D eigenvalue weighted by Crippen LogP contribution is -2.39. The van der Waals surface area contributed by atoms with Crippen LogP contribution in [0.5, 0.6) is 0 Å². The summed E-state index contributed by atoms with van der Waals surface area (Å²) in [6, 6.07) is 0.480. The monoisotopic (exact) mass is 300 g/mol. The molecule has 0 saturated carbocycles. The summed E-state index contributed by atoms with van der Waals surface area (Å²) in [7, 11) is 0. The quantitative estimate of drug-likeness (QED) is 0.842. The molecular weight excluding hydrogens is 284 g/mol. The summed E-state index contributed by atoms with van der Waals surface area (Å²) in [5.74, 6) is 0.677. The second-order valence-corrected chi connectivity index (χ2v) is 5.08. The molecule has 17 heavy (non-hydrogen) atoms. The summed E-state index contributed by atoms with van der Waals surface area (Å²) in [6.07, 6.45) is 5.86. The van der Waals surface area contributed by atoms with Crippen molar-refractivity contribution in [3.8, 4) is 0 Å². The second-order valence-electron chi connectivity index (χ2n) is 4.16. The van der Waals surface area contributed by atoms with Gasteiger partial charge in [0, 0.05) is 31.5 Å². The van der Waals surface area contributed by atoms with Gasteiger partial charge in [0.2, 0.25) is 5.95 Å². The van der Waals surface area contributed by atoms with Crippen LogP contribution in [0, 0.1) is 0 Å². The zero-order valence-corrected chi connectivity index (χ0v) is 11.2. The van der Waals surface area contributed by atoms with E-state index < -0.39 is 0 Å². The number of aliphatic hydroxyl groups is 1. The van der Waals surface area contributed by atoms with Crippen molar-refractivity contribution in [3.63, 3.8) is 0 Å². The van der Waals surface area contributed by atoms with E-state index in [1.165, 1.54) is 12.8 Å². The Bertz CT molecular complexity index is 340. The molecule has 0 bridgehead atoms. The van der Waals surface area contributed by atoms with Crippen molar-refractivity contribution in [2.45, 2.75) is 18.9 Å². The van der Waals surface area contributed by atoms with Crippen LogP contribution in [0.15, 0.2) is 16.9 Å². The maximum absolute atomic E-state index is 9.10. The first kappa shape index (κ1) is 12.7. The number of hydrogen-bond acceptors (Lipinski definition) is 5. The van der Waals surface area contributed by atoms with Gasteiger partial charge < -0.3 is 15.3 Å². The van der Waals surface area contributed by atoms with Crippen LogP contribution in [0.3, 0.4) is 0 Å². The van der Waals surface area contributed by atoms with Crippen LogP contribution in [0.2, 0.25) is 0 Å². The van der Waals surface area contributed by atoms with Crippen LogP contribution in [0.1, 0.15) is 12.8 Å². The van der Waals surface area contributed by atoms with E-state index in [4.69, 9.17) is 5.11 Å². The fraction of sp³-hybridized carbons (Fsp3) is 0.636. The maximum Gasteiger partial charge on any atom is 0.225 e. The van der Waals surface area contributed by atoms with Crippen LogP contribution in [0.4, 0.5) is 5.95 Å². The number of aromatic nitrogens is 2. The molecule has 5 nitrogen and oxygen atoms in total. The van der Waals surface area contributed by atoms with Gasteiger partial charge in [-0.2, -0.15) is 0 Å². The zero-order chi connectivity index (χ0) is 12.1. The Morgan fingerprint density at radius 2 is 2.24 bits per heavy atom. The standard InChI is InChI=1S/C11H17BrN4O/c12-9-6-14-11(15-7-9)16(4-5-17)8-10-2-1-3-13-10/h6-7,10,13,17H,1-5,8H2. The third-order valence-corrected chi connectivity index (χ3v) is 3.27.